The minimum absolute atomic E-state index is 0.00651. The van der Waals surface area contributed by atoms with Crippen molar-refractivity contribution in [2.24, 2.45) is 0 Å². The van der Waals surface area contributed by atoms with Crippen molar-refractivity contribution >= 4 is 5.91 Å². The van der Waals surface area contributed by atoms with Crippen LogP contribution in [0.5, 0.6) is 0 Å². The zero-order valence-corrected chi connectivity index (χ0v) is 15.3. The summed E-state index contributed by atoms with van der Waals surface area (Å²) in [6.07, 6.45) is 0.317. The van der Waals surface area contributed by atoms with E-state index >= 15 is 0 Å². The van der Waals surface area contributed by atoms with Gasteiger partial charge in [-0.1, -0.05) is 91.0 Å². The third-order valence-electron chi connectivity index (χ3n) is 4.72. The normalized spacial score (nSPS) is 11.9. The Bertz CT molecular complexity index is 779. The molecule has 0 saturated heterocycles. The smallest absolute Gasteiger partial charge is 0.220 e. The van der Waals surface area contributed by atoms with Gasteiger partial charge in [-0.15, -0.1) is 0 Å². The summed E-state index contributed by atoms with van der Waals surface area (Å²) >= 11 is 0. The minimum atomic E-state index is -0.564. The molecule has 27 heavy (non-hydrogen) atoms. The second-order valence-electron chi connectivity index (χ2n) is 6.64. The Hall–Kier alpha value is -2.91. The van der Waals surface area contributed by atoms with E-state index in [0.717, 1.165) is 16.7 Å². The van der Waals surface area contributed by atoms with E-state index < -0.39 is 6.10 Å². The molecule has 2 N–H and O–H groups in total. The van der Waals surface area contributed by atoms with Gasteiger partial charge in [0, 0.05) is 18.9 Å². The highest BCUT2D eigenvalue weighted by molar-refractivity contribution is 5.77. The van der Waals surface area contributed by atoms with E-state index in [2.05, 4.69) is 29.6 Å². The lowest BCUT2D eigenvalue weighted by atomic mass is 9.88. The number of rotatable bonds is 8. The molecule has 0 aliphatic heterocycles. The molecular formula is C24H25NO2. The summed E-state index contributed by atoms with van der Waals surface area (Å²) in [5, 5.41) is 13.2. The van der Waals surface area contributed by atoms with Crippen LogP contribution < -0.4 is 5.32 Å². The molecule has 3 nitrogen and oxygen atoms in total. The van der Waals surface area contributed by atoms with Crippen molar-refractivity contribution < 1.29 is 9.90 Å². The van der Waals surface area contributed by atoms with Gasteiger partial charge in [0.1, 0.15) is 0 Å². The van der Waals surface area contributed by atoms with Gasteiger partial charge >= 0.3 is 0 Å². The summed E-state index contributed by atoms with van der Waals surface area (Å²) < 4.78 is 0. The third-order valence-corrected chi connectivity index (χ3v) is 4.72. The average molecular weight is 359 g/mol. The molecule has 0 aliphatic carbocycles. The fourth-order valence-electron chi connectivity index (χ4n) is 3.25. The van der Waals surface area contributed by atoms with Gasteiger partial charge in [-0.05, 0) is 23.1 Å². The molecule has 138 valence electrons. The van der Waals surface area contributed by atoms with Crippen LogP contribution in [0.4, 0.5) is 0 Å². The van der Waals surface area contributed by atoms with Crippen LogP contribution in [0.3, 0.4) is 0 Å². The number of aliphatic hydroxyl groups is 1. The van der Waals surface area contributed by atoms with E-state index in [-0.39, 0.29) is 11.8 Å². The van der Waals surface area contributed by atoms with Gasteiger partial charge in [0.15, 0.2) is 0 Å². The highest BCUT2D eigenvalue weighted by Gasteiger charge is 2.18. The van der Waals surface area contributed by atoms with Gasteiger partial charge in [-0.3, -0.25) is 4.79 Å². The van der Waals surface area contributed by atoms with E-state index in [4.69, 9.17) is 0 Å². The van der Waals surface area contributed by atoms with Crippen LogP contribution in [0.15, 0.2) is 91.0 Å². The SMILES string of the molecule is O=C(CC(c1ccccc1)c1ccccc1)NCC[C@@H](O)c1ccccc1. The summed E-state index contributed by atoms with van der Waals surface area (Å²) in [7, 11) is 0. The van der Waals surface area contributed by atoms with Crippen molar-refractivity contribution in [1.82, 2.24) is 5.32 Å². The second-order valence-corrected chi connectivity index (χ2v) is 6.64. The molecule has 0 fully saturated rings. The molecule has 3 aromatic carbocycles. The van der Waals surface area contributed by atoms with Gasteiger partial charge < -0.3 is 10.4 Å². The minimum Gasteiger partial charge on any atom is -0.388 e. The summed E-state index contributed by atoms with van der Waals surface area (Å²) in [5.74, 6) is 0.0133. The second kappa shape index (κ2) is 9.70. The van der Waals surface area contributed by atoms with Gasteiger partial charge in [0.05, 0.1) is 6.10 Å². The van der Waals surface area contributed by atoms with Crippen molar-refractivity contribution in [3.63, 3.8) is 0 Å². The molecule has 1 atom stereocenters. The fraction of sp³-hybridized carbons (Fsp3) is 0.208. The molecule has 0 unspecified atom stereocenters. The molecule has 3 aromatic rings. The Morgan fingerprint density at radius 3 is 1.67 bits per heavy atom. The highest BCUT2D eigenvalue weighted by atomic mass is 16.3. The number of hydrogen-bond acceptors (Lipinski definition) is 2. The third kappa shape index (κ3) is 5.53. The lowest BCUT2D eigenvalue weighted by molar-refractivity contribution is -0.121. The van der Waals surface area contributed by atoms with Gasteiger partial charge in [-0.25, -0.2) is 0 Å². The number of carbonyl (C=O) groups excluding carboxylic acids is 1. The maximum Gasteiger partial charge on any atom is 0.220 e. The molecule has 0 aromatic heterocycles. The molecule has 3 heteroatoms. The zero-order valence-electron chi connectivity index (χ0n) is 15.3. The number of nitrogens with one attached hydrogen (secondary N) is 1. The first-order valence-corrected chi connectivity index (χ1v) is 9.33. The Morgan fingerprint density at radius 1 is 0.741 bits per heavy atom. The van der Waals surface area contributed by atoms with Crippen LogP contribution >= 0.6 is 0 Å². The van der Waals surface area contributed by atoms with Crippen LogP contribution in [0.1, 0.15) is 41.6 Å². The number of amides is 1. The predicted molar refractivity (Wildman–Crippen MR) is 108 cm³/mol. The van der Waals surface area contributed by atoms with Crippen molar-refractivity contribution in [3.8, 4) is 0 Å². The Balaban J connectivity index is 1.58. The number of aliphatic hydroxyl groups excluding tert-OH is 1. The van der Waals surface area contributed by atoms with Crippen LogP contribution in [-0.2, 0) is 4.79 Å². The first-order valence-electron chi connectivity index (χ1n) is 9.33. The number of carbonyl (C=O) groups is 1. The van der Waals surface area contributed by atoms with Gasteiger partial charge in [-0.2, -0.15) is 0 Å². The molecule has 0 radical (unpaired) electrons. The van der Waals surface area contributed by atoms with E-state index in [0.29, 0.717) is 19.4 Å². The van der Waals surface area contributed by atoms with E-state index in [1.165, 1.54) is 0 Å². The Morgan fingerprint density at radius 2 is 1.19 bits per heavy atom. The van der Waals surface area contributed by atoms with E-state index in [9.17, 15) is 9.90 Å². The van der Waals surface area contributed by atoms with Gasteiger partial charge in [0.25, 0.3) is 0 Å². The predicted octanol–water partition coefficient (Wildman–Crippen LogP) is 4.45. The lowest BCUT2D eigenvalue weighted by Gasteiger charge is -2.18. The van der Waals surface area contributed by atoms with Crippen molar-refractivity contribution in [2.75, 3.05) is 6.54 Å². The lowest BCUT2D eigenvalue weighted by Crippen LogP contribution is -2.27. The summed E-state index contributed by atoms with van der Waals surface area (Å²) in [6.45, 7) is 0.450. The van der Waals surface area contributed by atoms with Crippen LogP contribution in [-0.4, -0.2) is 17.6 Å². The molecule has 3 rings (SSSR count). The van der Waals surface area contributed by atoms with E-state index in [1.54, 1.807) is 0 Å². The Labute approximate surface area is 160 Å². The topological polar surface area (TPSA) is 49.3 Å². The van der Waals surface area contributed by atoms with Crippen LogP contribution in [0.2, 0.25) is 0 Å². The quantitative estimate of drug-likeness (QED) is 0.624. The zero-order chi connectivity index (χ0) is 18.9. The number of hydrogen-bond donors (Lipinski definition) is 2. The standard InChI is InChI=1S/C24H25NO2/c26-23(21-14-8-3-9-15-21)16-17-25-24(27)18-22(19-10-4-1-5-11-19)20-12-6-2-7-13-20/h1-15,22-23,26H,16-18H2,(H,25,27)/t23-/m1/s1. The Kier molecular flexibility index (Phi) is 6.78. The van der Waals surface area contributed by atoms with Crippen molar-refractivity contribution in [2.45, 2.75) is 24.9 Å². The van der Waals surface area contributed by atoms with Crippen LogP contribution in [0, 0.1) is 0 Å². The first kappa shape index (κ1) is 18.9. The van der Waals surface area contributed by atoms with Crippen molar-refractivity contribution in [3.05, 3.63) is 108 Å². The molecule has 0 spiro atoms. The molecule has 0 aliphatic rings. The molecule has 0 bridgehead atoms. The highest BCUT2D eigenvalue weighted by Crippen LogP contribution is 2.27. The van der Waals surface area contributed by atoms with Crippen LogP contribution in [0.25, 0.3) is 0 Å². The maximum absolute atomic E-state index is 12.5. The molecule has 1 amide bonds. The largest absolute Gasteiger partial charge is 0.388 e. The number of benzene rings is 3. The van der Waals surface area contributed by atoms with Crippen molar-refractivity contribution in [1.29, 1.82) is 0 Å². The molecule has 0 saturated carbocycles. The summed E-state index contributed by atoms with van der Waals surface area (Å²) in [4.78, 5) is 12.5. The fourth-order valence-corrected chi connectivity index (χ4v) is 3.25. The van der Waals surface area contributed by atoms with Gasteiger partial charge in [0.2, 0.25) is 5.91 Å². The van der Waals surface area contributed by atoms with E-state index in [1.807, 2.05) is 66.7 Å². The maximum atomic E-state index is 12.5. The summed E-state index contributed by atoms with van der Waals surface area (Å²) in [5.41, 5.74) is 3.13. The summed E-state index contributed by atoms with van der Waals surface area (Å²) in [6, 6.07) is 29.7. The monoisotopic (exact) mass is 359 g/mol. The molecule has 0 heterocycles. The molecular weight excluding hydrogens is 334 g/mol. The average Bonchev–Trinajstić information content (AvgIpc) is 2.74. The first-order chi connectivity index (χ1) is 13.2.